The highest BCUT2D eigenvalue weighted by Gasteiger charge is 2.36. The first-order chi connectivity index (χ1) is 13.1. The van der Waals surface area contributed by atoms with E-state index in [1.54, 1.807) is 0 Å². The SMILES string of the molecule is Cc1cccc2c1NC(C(=O)NCCC1NC(C)ON1C1CCCCC1)C2. The Bertz CT molecular complexity index is 674. The highest BCUT2D eigenvalue weighted by molar-refractivity contribution is 5.87. The minimum atomic E-state index is -0.165. The van der Waals surface area contributed by atoms with Crippen LogP contribution in [-0.4, -0.2) is 42.0 Å². The van der Waals surface area contributed by atoms with Crippen molar-refractivity contribution in [1.29, 1.82) is 0 Å². The predicted molar refractivity (Wildman–Crippen MR) is 106 cm³/mol. The average Bonchev–Trinajstić information content (AvgIpc) is 3.27. The van der Waals surface area contributed by atoms with Crippen molar-refractivity contribution in [2.45, 2.75) is 83.3 Å². The van der Waals surface area contributed by atoms with Crippen LogP contribution in [0.15, 0.2) is 18.2 Å². The predicted octanol–water partition coefficient (Wildman–Crippen LogP) is 2.68. The lowest BCUT2D eigenvalue weighted by atomic mass is 9.95. The van der Waals surface area contributed by atoms with Gasteiger partial charge in [0.2, 0.25) is 5.91 Å². The van der Waals surface area contributed by atoms with E-state index in [9.17, 15) is 4.79 Å². The van der Waals surface area contributed by atoms with Gasteiger partial charge < -0.3 is 10.6 Å². The van der Waals surface area contributed by atoms with E-state index >= 15 is 0 Å². The molecule has 2 aliphatic heterocycles. The van der Waals surface area contributed by atoms with E-state index in [0.717, 1.165) is 18.5 Å². The summed E-state index contributed by atoms with van der Waals surface area (Å²) in [5.74, 6) is 0.0850. The molecule has 3 atom stereocenters. The van der Waals surface area contributed by atoms with Crippen LogP contribution in [0.25, 0.3) is 0 Å². The summed E-state index contributed by atoms with van der Waals surface area (Å²) in [5.41, 5.74) is 3.56. The second-order valence-corrected chi connectivity index (χ2v) is 8.17. The highest BCUT2D eigenvalue weighted by Crippen LogP contribution is 2.29. The van der Waals surface area contributed by atoms with Crippen LogP contribution in [0.2, 0.25) is 0 Å². The fraction of sp³-hybridized carbons (Fsp3) is 0.667. The van der Waals surface area contributed by atoms with Gasteiger partial charge in [0.1, 0.15) is 12.3 Å². The average molecular weight is 373 g/mol. The standard InChI is InChI=1S/C21H32N4O2/c1-14-7-6-8-16-13-18(24-20(14)16)21(26)22-12-11-19-23-15(2)27-25(19)17-9-4-3-5-10-17/h6-8,15,17-19,23-24H,3-5,9-13H2,1-2H3,(H,22,26). The fourth-order valence-electron chi connectivity index (χ4n) is 4.68. The van der Waals surface area contributed by atoms with Crippen LogP contribution < -0.4 is 16.0 Å². The van der Waals surface area contributed by atoms with Gasteiger partial charge in [-0.2, -0.15) is 5.06 Å². The number of anilines is 1. The van der Waals surface area contributed by atoms with Crippen molar-refractivity contribution in [3.05, 3.63) is 29.3 Å². The molecular weight excluding hydrogens is 340 g/mol. The van der Waals surface area contributed by atoms with Gasteiger partial charge in [-0.1, -0.05) is 37.5 Å². The molecule has 1 saturated heterocycles. The maximum absolute atomic E-state index is 12.6. The number of fused-ring (bicyclic) bond motifs is 1. The Kier molecular flexibility index (Phi) is 5.66. The maximum atomic E-state index is 12.6. The molecule has 0 bridgehead atoms. The van der Waals surface area contributed by atoms with Gasteiger partial charge in [-0.05, 0) is 44.2 Å². The number of aryl methyl sites for hydroxylation is 1. The zero-order valence-electron chi connectivity index (χ0n) is 16.5. The number of rotatable bonds is 5. The third kappa shape index (κ3) is 4.13. The highest BCUT2D eigenvalue weighted by atomic mass is 16.7. The molecule has 1 aliphatic carbocycles. The quantitative estimate of drug-likeness (QED) is 0.742. The van der Waals surface area contributed by atoms with Gasteiger partial charge >= 0.3 is 0 Å². The van der Waals surface area contributed by atoms with Gasteiger partial charge in [-0.25, -0.2) is 0 Å². The maximum Gasteiger partial charge on any atom is 0.242 e. The number of hydrogen-bond donors (Lipinski definition) is 3. The van der Waals surface area contributed by atoms with E-state index in [0.29, 0.717) is 12.6 Å². The molecule has 1 saturated carbocycles. The molecule has 0 aromatic heterocycles. The van der Waals surface area contributed by atoms with Crippen molar-refractivity contribution >= 4 is 11.6 Å². The largest absolute Gasteiger partial charge is 0.373 e. The first kappa shape index (κ1) is 18.7. The molecule has 2 fully saturated rings. The van der Waals surface area contributed by atoms with E-state index in [1.165, 1.54) is 43.2 Å². The lowest BCUT2D eigenvalue weighted by molar-refractivity contribution is -0.191. The number of benzene rings is 1. The molecule has 1 amide bonds. The van der Waals surface area contributed by atoms with Crippen LogP contribution in [0, 0.1) is 6.92 Å². The summed E-state index contributed by atoms with van der Waals surface area (Å²) in [6.45, 7) is 4.79. The molecule has 1 aromatic carbocycles. The van der Waals surface area contributed by atoms with Crippen molar-refractivity contribution in [2.24, 2.45) is 0 Å². The van der Waals surface area contributed by atoms with Crippen LogP contribution in [0.3, 0.4) is 0 Å². The summed E-state index contributed by atoms with van der Waals surface area (Å²) in [6.07, 6.45) is 8.17. The van der Waals surface area contributed by atoms with Gasteiger partial charge in [0.25, 0.3) is 0 Å². The Hall–Kier alpha value is -1.63. The molecule has 27 heavy (non-hydrogen) atoms. The summed E-state index contributed by atoms with van der Waals surface area (Å²) in [6, 6.07) is 6.58. The summed E-state index contributed by atoms with van der Waals surface area (Å²) in [7, 11) is 0. The Balaban J connectivity index is 1.27. The first-order valence-electron chi connectivity index (χ1n) is 10.5. The lowest BCUT2D eigenvalue weighted by Crippen LogP contribution is -2.46. The number of para-hydroxylation sites is 1. The molecule has 2 heterocycles. The van der Waals surface area contributed by atoms with Gasteiger partial charge in [-0.15, -0.1) is 0 Å². The van der Waals surface area contributed by atoms with E-state index in [1.807, 2.05) is 0 Å². The van der Waals surface area contributed by atoms with Gasteiger partial charge in [0.05, 0.1) is 6.17 Å². The number of carbonyl (C=O) groups is 1. The number of hydroxylamine groups is 2. The number of hydrogen-bond acceptors (Lipinski definition) is 5. The van der Waals surface area contributed by atoms with Gasteiger partial charge in [0, 0.05) is 24.7 Å². The minimum absolute atomic E-state index is 0.0431. The summed E-state index contributed by atoms with van der Waals surface area (Å²) in [4.78, 5) is 18.6. The smallest absolute Gasteiger partial charge is 0.242 e. The molecule has 6 nitrogen and oxygen atoms in total. The lowest BCUT2D eigenvalue weighted by Gasteiger charge is -2.33. The van der Waals surface area contributed by atoms with Crippen molar-refractivity contribution < 1.29 is 9.63 Å². The van der Waals surface area contributed by atoms with Crippen molar-refractivity contribution in [3.63, 3.8) is 0 Å². The van der Waals surface area contributed by atoms with E-state index in [4.69, 9.17) is 4.84 Å². The third-order valence-electron chi connectivity index (χ3n) is 6.08. The first-order valence-corrected chi connectivity index (χ1v) is 10.5. The van der Waals surface area contributed by atoms with Crippen molar-refractivity contribution in [3.8, 4) is 0 Å². The topological polar surface area (TPSA) is 65.6 Å². The second-order valence-electron chi connectivity index (χ2n) is 8.17. The van der Waals surface area contributed by atoms with Crippen LogP contribution >= 0.6 is 0 Å². The van der Waals surface area contributed by atoms with Crippen LogP contribution in [0.5, 0.6) is 0 Å². The van der Waals surface area contributed by atoms with Gasteiger partial charge in [0.15, 0.2) is 0 Å². The molecule has 3 N–H and O–H groups in total. The summed E-state index contributed by atoms with van der Waals surface area (Å²) < 4.78 is 0. The molecule has 0 spiro atoms. The zero-order valence-corrected chi connectivity index (χ0v) is 16.5. The Morgan fingerprint density at radius 1 is 1.30 bits per heavy atom. The van der Waals surface area contributed by atoms with Crippen LogP contribution in [-0.2, 0) is 16.1 Å². The summed E-state index contributed by atoms with van der Waals surface area (Å²) >= 11 is 0. The number of carbonyl (C=O) groups excluding carboxylic acids is 1. The molecule has 4 rings (SSSR count). The van der Waals surface area contributed by atoms with Crippen LogP contribution in [0.1, 0.15) is 56.6 Å². The molecule has 0 radical (unpaired) electrons. The second kappa shape index (κ2) is 8.17. The zero-order chi connectivity index (χ0) is 18.8. The molecule has 6 heteroatoms. The van der Waals surface area contributed by atoms with E-state index in [-0.39, 0.29) is 24.3 Å². The van der Waals surface area contributed by atoms with Crippen molar-refractivity contribution in [2.75, 3.05) is 11.9 Å². The third-order valence-corrected chi connectivity index (χ3v) is 6.08. The minimum Gasteiger partial charge on any atom is -0.373 e. The Morgan fingerprint density at radius 3 is 2.89 bits per heavy atom. The van der Waals surface area contributed by atoms with Crippen molar-refractivity contribution in [1.82, 2.24) is 15.7 Å². The van der Waals surface area contributed by atoms with E-state index < -0.39 is 0 Å². The number of nitrogens with one attached hydrogen (secondary N) is 3. The summed E-state index contributed by atoms with van der Waals surface area (Å²) in [5, 5.41) is 12.2. The Morgan fingerprint density at radius 2 is 2.11 bits per heavy atom. The number of nitrogens with zero attached hydrogens (tertiary/aromatic N) is 1. The molecule has 3 aliphatic rings. The molecule has 3 unspecified atom stereocenters. The van der Waals surface area contributed by atoms with Gasteiger partial charge in [-0.3, -0.25) is 14.9 Å². The Labute approximate surface area is 162 Å². The molecule has 148 valence electrons. The van der Waals surface area contributed by atoms with Crippen LogP contribution in [0.4, 0.5) is 5.69 Å². The molecular formula is C21H32N4O2. The normalized spacial score (nSPS) is 28.7. The van der Waals surface area contributed by atoms with E-state index in [2.05, 4.69) is 53.1 Å². The fourth-order valence-corrected chi connectivity index (χ4v) is 4.68. The number of amides is 1. The monoisotopic (exact) mass is 372 g/mol. The molecule has 1 aromatic rings.